The summed E-state index contributed by atoms with van der Waals surface area (Å²) < 4.78 is 8.12. The minimum atomic E-state index is -0.792. The van der Waals surface area contributed by atoms with Crippen molar-refractivity contribution in [3.05, 3.63) is 54.1 Å². The number of rotatable bonds is 5. The molecule has 4 nitrogen and oxygen atoms in total. The number of aliphatic hydroxyl groups is 1. The Morgan fingerprint density at radius 3 is 2.74 bits per heavy atom. The molecular weight excluding hydrogens is 288 g/mol. The Hall–Kier alpha value is -1.65. The first-order chi connectivity index (χ1) is 11.0. The van der Waals surface area contributed by atoms with Gasteiger partial charge in [-0.05, 0) is 50.2 Å². The van der Waals surface area contributed by atoms with E-state index in [0.717, 1.165) is 38.0 Å². The highest BCUT2D eigenvalue weighted by Gasteiger charge is 2.24. The van der Waals surface area contributed by atoms with Gasteiger partial charge in [0.1, 0.15) is 0 Å². The van der Waals surface area contributed by atoms with Crippen molar-refractivity contribution < 1.29 is 9.84 Å². The van der Waals surface area contributed by atoms with Gasteiger partial charge in [0.05, 0.1) is 18.0 Å². The lowest BCUT2D eigenvalue weighted by molar-refractivity contribution is -0.0129. The zero-order chi connectivity index (χ0) is 16.3. The molecular formula is C19H26N2O2. The summed E-state index contributed by atoms with van der Waals surface area (Å²) in [4.78, 5) is 4.09. The van der Waals surface area contributed by atoms with E-state index < -0.39 is 5.60 Å². The highest BCUT2D eigenvalue weighted by Crippen LogP contribution is 2.34. The number of aromatic nitrogens is 2. The van der Waals surface area contributed by atoms with E-state index in [1.165, 1.54) is 5.56 Å². The van der Waals surface area contributed by atoms with Crippen LogP contribution >= 0.6 is 0 Å². The van der Waals surface area contributed by atoms with Gasteiger partial charge >= 0.3 is 0 Å². The first-order valence-electron chi connectivity index (χ1n) is 8.42. The van der Waals surface area contributed by atoms with Gasteiger partial charge in [0.2, 0.25) is 0 Å². The highest BCUT2D eigenvalue weighted by molar-refractivity contribution is 5.27. The number of ether oxygens (including phenoxy) is 1. The summed E-state index contributed by atoms with van der Waals surface area (Å²) in [6.07, 6.45) is 9.27. The van der Waals surface area contributed by atoms with Crippen molar-refractivity contribution in [2.75, 3.05) is 6.61 Å². The molecule has 2 aromatic rings. The minimum absolute atomic E-state index is 0.174. The number of benzene rings is 1. The third-order valence-electron chi connectivity index (χ3n) is 4.74. The van der Waals surface area contributed by atoms with Gasteiger partial charge in [0, 0.05) is 25.5 Å². The van der Waals surface area contributed by atoms with Crippen molar-refractivity contribution in [3.8, 4) is 0 Å². The smallest absolute Gasteiger partial charge is 0.0945 e. The Morgan fingerprint density at radius 1 is 1.30 bits per heavy atom. The lowest BCUT2D eigenvalue weighted by Gasteiger charge is -2.30. The van der Waals surface area contributed by atoms with Gasteiger partial charge in [-0.2, -0.15) is 0 Å². The van der Waals surface area contributed by atoms with E-state index in [-0.39, 0.29) is 6.10 Å². The molecule has 1 N–H and O–H groups in total. The van der Waals surface area contributed by atoms with Crippen molar-refractivity contribution in [2.45, 2.75) is 51.4 Å². The van der Waals surface area contributed by atoms with Crippen LogP contribution in [0.5, 0.6) is 0 Å². The Balaban J connectivity index is 1.59. The molecule has 3 rings (SSSR count). The third kappa shape index (κ3) is 4.21. The first kappa shape index (κ1) is 16.2. The zero-order valence-electron chi connectivity index (χ0n) is 14.0. The Kier molecular flexibility index (Phi) is 4.83. The minimum Gasteiger partial charge on any atom is -0.386 e. The Labute approximate surface area is 138 Å². The summed E-state index contributed by atoms with van der Waals surface area (Å²) in [6, 6.07) is 8.20. The van der Waals surface area contributed by atoms with E-state index in [0.29, 0.717) is 5.92 Å². The van der Waals surface area contributed by atoms with E-state index in [4.69, 9.17) is 4.74 Å². The van der Waals surface area contributed by atoms with Crippen molar-refractivity contribution in [3.63, 3.8) is 0 Å². The fourth-order valence-corrected chi connectivity index (χ4v) is 3.22. The molecule has 1 aliphatic rings. The molecule has 2 heterocycles. The molecule has 1 saturated heterocycles. The average molecular weight is 314 g/mol. The molecule has 1 fully saturated rings. The Bertz CT molecular complexity index is 599. The quantitative estimate of drug-likeness (QED) is 0.916. The number of hydrogen-bond acceptors (Lipinski definition) is 3. The summed E-state index contributed by atoms with van der Waals surface area (Å²) >= 11 is 0. The molecule has 0 radical (unpaired) electrons. The molecule has 4 heteroatoms. The summed E-state index contributed by atoms with van der Waals surface area (Å²) in [5.41, 5.74) is 1.36. The highest BCUT2D eigenvalue weighted by atomic mass is 16.5. The molecule has 2 atom stereocenters. The van der Waals surface area contributed by atoms with Gasteiger partial charge in [0.15, 0.2) is 0 Å². The molecule has 0 amide bonds. The van der Waals surface area contributed by atoms with Crippen LogP contribution in [0, 0.1) is 5.92 Å². The lowest BCUT2D eigenvalue weighted by atomic mass is 9.88. The van der Waals surface area contributed by atoms with Crippen LogP contribution in [-0.2, 0) is 16.9 Å². The molecule has 1 aromatic carbocycles. The van der Waals surface area contributed by atoms with Gasteiger partial charge in [-0.1, -0.05) is 24.3 Å². The van der Waals surface area contributed by atoms with Gasteiger partial charge in [-0.25, -0.2) is 4.98 Å². The molecule has 1 aromatic heterocycles. The van der Waals surface area contributed by atoms with Crippen LogP contribution in [0.3, 0.4) is 0 Å². The normalized spacial score (nSPS) is 22.2. The molecule has 1 aliphatic heterocycles. The van der Waals surface area contributed by atoms with Crippen LogP contribution in [0.15, 0.2) is 43.0 Å². The standard InChI is InChI=1S/C19H26N2O2/c1-19(2,22)17-5-3-16(4-6-17)18-13-15(8-12-23-18)7-10-21-11-9-20-14-21/h3-6,9,11,14-15,18,22H,7-8,10,12-13H2,1-2H3. The SMILES string of the molecule is CC(C)(O)c1ccc(C2CC(CCn3ccnc3)CCO2)cc1. The van der Waals surface area contributed by atoms with E-state index >= 15 is 0 Å². The van der Waals surface area contributed by atoms with Crippen molar-refractivity contribution >= 4 is 0 Å². The van der Waals surface area contributed by atoms with Crippen LogP contribution in [0.2, 0.25) is 0 Å². The van der Waals surface area contributed by atoms with Crippen molar-refractivity contribution in [1.29, 1.82) is 0 Å². The summed E-state index contributed by atoms with van der Waals surface area (Å²) in [6.45, 7) is 5.47. The second-order valence-corrected chi connectivity index (χ2v) is 7.02. The second-order valence-electron chi connectivity index (χ2n) is 7.02. The maximum absolute atomic E-state index is 10.1. The zero-order valence-corrected chi connectivity index (χ0v) is 14.0. The number of nitrogens with zero attached hydrogens (tertiary/aromatic N) is 2. The summed E-state index contributed by atoms with van der Waals surface area (Å²) in [7, 11) is 0. The molecule has 23 heavy (non-hydrogen) atoms. The molecule has 0 bridgehead atoms. The van der Waals surface area contributed by atoms with Gasteiger partial charge in [-0.15, -0.1) is 0 Å². The van der Waals surface area contributed by atoms with Crippen molar-refractivity contribution in [2.24, 2.45) is 5.92 Å². The van der Waals surface area contributed by atoms with E-state index in [1.807, 2.05) is 44.7 Å². The van der Waals surface area contributed by atoms with E-state index in [9.17, 15) is 5.11 Å². The monoisotopic (exact) mass is 314 g/mol. The van der Waals surface area contributed by atoms with Gasteiger partial charge in [0.25, 0.3) is 0 Å². The summed E-state index contributed by atoms with van der Waals surface area (Å²) in [5.74, 6) is 0.685. The van der Waals surface area contributed by atoms with E-state index in [1.54, 1.807) is 0 Å². The molecule has 0 aliphatic carbocycles. The predicted octanol–water partition coefficient (Wildman–Crippen LogP) is 3.67. The molecule has 0 spiro atoms. The maximum Gasteiger partial charge on any atom is 0.0945 e. The van der Waals surface area contributed by atoms with E-state index in [2.05, 4.69) is 21.7 Å². The largest absolute Gasteiger partial charge is 0.386 e. The fourth-order valence-electron chi connectivity index (χ4n) is 3.22. The fraction of sp³-hybridized carbons (Fsp3) is 0.526. The van der Waals surface area contributed by atoms with Crippen LogP contribution in [-0.4, -0.2) is 21.3 Å². The number of imidazole rings is 1. The topological polar surface area (TPSA) is 47.3 Å². The predicted molar refractivity (Wildman–Crippen MR) is 89.9 cm³/mol. The first-order valence-corrected chi connectivity index (χ1v) is 8.42. The third-order valence-corrected chi connectivity index (χ3v) is 4.74. The molecule has 124 valence electrons. The van der Waals surface area contributed by atoms with Gasteiger partial charge in [-0.3, -0.25) is 0 Å². The molecule has 0 saturated carbocycles. The van der Waals surface area contributed by atoms with Gasteiger partial charge < -0.3 is 14.4 Å². The lowest BCUT2D eigenvalue weighted by Crippen LogP contribution is -2.21. The molecule has 2 unspecified atom stereocenters. The number of aryl methyl sites for hydroxylation is 1. The Morgan fingerprint density at radius 2 is 2.09 bits per heavy atom. The number of hydrogen-bond donors (Lipinski definition) is 1. The average Bonchev–Trinajstić information content (AvgIpc) is 3.06. The second kappa shape index (κ2) is 6.85. The van der Waals surface area contributed by atoms with Crippen LogP contribution in [0.25, 0.3) is 0 Å². The van der Waals surface area contributed by atoms with Crippen LogP contribution < -0.4 is 0 Å². The van der Waals surface area contributed by atoms with Crippen LogP contribution in [0.1, 0.15) is 50.3 Å². The summed E-state index contributed by atoms with van der Waals surface area (Å²) in [5, 5.41) is 10.1. The maximum atomic E-state index is 10.1. The van der Waals surface area contributed by atoms with Crippen molar-refractivity contribution in [1.82, 2.24) is 9.55 Å². The van der Waals surface area contributed by atoms with Crippen LogP contribution in [0.4, 0.5) is 0 Å².